The van der Waals surface area contributed by atoms with Crippen LogP contribution in [0, 0.1) is 5.92 Å². The molecule has 2 saturated heterocycles. The lowest BCUT2D eigenvalue weighted by Gasteiger charge is -2.46. The maximum absolute atomic E-state index is 9.55. The number of anilines is 1. The van der Waals surface area contributed by atoms with E-state index in [2.05, 4.69) is 15.2 Å². The van der Waals surface area contributed by atoms with Gasteiger partial charge in [-0.1, -0.05) is 11.6 Å². The zero-order valence-electron chi connectivity index (χ0n) is 12.4. The number of pyridine rings is 1. The molecule has 0 saturated carbocycles. The van der Waals surface area contributed by atoms with E-state index in [0.717, 1.165) is 19.0 Å². The first-order valence-electron chi connectivity index (χ1n) is 7.19. The van der Waals surface area contributed by atoms with Crippen LogP contribution >= 0.6 is 11.6 Å². The number of carbonyl (C=O) groups is 2. The zero-order chi connectivity index (χ0) is 16.8. The predicted octanol–water partition coefficient (Wildman–Crippen LogP) is 1.24. The fourth-order valence-electron chi connectivity index (χ4n) is 2.55. The summed E-state index contributed by atoms with van der Waals surface area (Å²) >= 11 is 5.77. The van der Waals surface area contributed by atoms with Crippen molar-refractivity contribution >= 4 is 29.2 Å². The Hall–Kier alpha value is -2.12. The van der Waals surface area contributed by atoms with E-state index in [4.69, 9.17) is 21.8 Å². The first kappa shape index (κ1) is 17.2. The van der Waals surface area contributed by atoms with Crippen molar-refractivity contribution in [2.75, 3.05) is 24.5 Å². The van der Waals surface area contributed by atoms with Crippen molar-refractivity contribution in [2.24, 2.45) is 5.92 Å². The van der Waals surface area contributed by atoms with Gasteiger partial charge >= 0.3 is 11.9 Å². The van der Waals surface area contributed by atoms with Gasteiger partial charge in [0.25, 0.3) is 0 Å². The molecular weight excluding hydrogens is 322 g/mol. The molecule has 1 aromatic heterocycles. The Balaban J connectivity index is 0.000000207. The third-order valence-corrected chi connectivity index (χ3v) is 4.07. The minimum Gasteiger partial charge on any atom is -0.478 e. The molecule has 23 heavy (non-hydrogen) atoms. The number of nitrogens with zero attached hydrogens (tertiary/aromatic N) is 2. The molecule has 0 unspecified atom stereocenters. The van der Waals surface area contributed by atoms with Crippen LogP contribution in [0.2, 0.25) is 5.15 Å². The van der Waals surface area contributed by atoms with Crippen molar-refractivity contribution in [2.45, 2.75) is 12.5 Å². The van der Waals surface area contributed by atoms with Crippen LogP contribution in [0.3, 0.4) is 0 Å². The van der Waals surface area contributed by atoms with Gasteiger partial charge in [-0.2, -0.15) is 0 Å². The Kier molecular flexibility index (Phi) is 5.95. The summed E-state index contributed by atoms with van der Waals surface area (Å²) in [6.45, 7) is 3.46. The van der Waals surface area contributed by atoms with Crippen LogP contribution in [0.15, 0.2) is 30.5 Å². The number of fused-ring (bicyclic) bond motifs is 1. The molecule has 0 amide bonds. The highest BCUT2D eigenvalue weighted by molar-refractivity contribution is 6.29. The number of halogens is 1. The molecule has 3 heterocycles. The van der Waals surface area contributed by atoms with Gasteiger partial charge in [0, 0.05) is 31.3 Å². The van der Waals surface area contributed by atoms with Crippen molar-refractivity contribution in [3.63, 3.8) is 0 Å². The molecule has 3 N–H and O–H groups in total. The molecule has 2 atom stereocenters. The zero-order valence-corrected chi connectivity index (χ0v) is 13.1. The van der Waals surface area contributed by atoms with Crippen LogP contribution in [-0.4, -0.2) is 52.8 Å². The fraction of sp³-hybridized carbons (Fsp3) is 0.400. The highest BCUT2D eigenvalue weighted by Gasteiger charge is 2.35. The molecule has 0 radical (unpaired) electrons. The highest BCUT2D eigenvalue weighted by atomic mass is 35.5. The molecule has 0 aromatic carbocycles. The second kappa shape index (κ2) is 7.94. The molecule has 2 aliphatic rings. The molecule has 1 aromatic rings. The number of aliphatic carboxylic acids is 2. The van der Waals surface area contributed by atoms with Crippen molar-refractivity contribution < 1.29 is 19.8 Å². The topological polar surface area (TPSA) is 103 Å². The summed E-state index contributed by atoms with van der Waals surface area (Å²) in [7, 11) is 0. The number of nitrogens with one attached hydrogen (secondary N) is 1. The largest absolute Gasteiger partial charge is 0.478 e. The van der Waals surface area contributed by atoms with E-state index in [1.807, 2.05) is 18.3 Å². The molecular formula is C15H18ClN3O4. The maximum atomic E-state index is 9.55. The van der Waals surface area contributed by atoms with E-state index in [9.17, 15) is 9.59 Å². The first-order chi connectivity index (χ1) is 11.0. The van der Waals surface area contributed by atoms with Crippen molar-refractivity contribution in [3.05, 3.63) is 35.6 Å². The number of piperidine rings is 1. The number of rotatable bonds is 3. The number of carboxylic acid groups (broad SMARTS) is 2. The van der Waals surface area contributed by atoms with Crippen LogP contribution in [0.5, 0.6) is 0 Å². The van der Waals surface area contributed by atoms with Gasteiger partial charge in [0.05, 0.1) is 11.9 Å². The Morgan fingerprint density at radius 2 is 2.00 bits per heavy atom. The lowest BCUT2D eigenvalue weighted by atomic mass is 9.85. The minimum atomic E-state index is -1.26. The maximum Gasteiger partial charge on any atom is 0.328 e. The van der Waals surface area contributed by atoms with Crippen molar-refractivity contribution in [1.82, 2.24) is 10.3 Å². The number of hydrogen-bond acceptors (Lipinski definition) is 5. The van der Waals surface area contributed by atoms with Gasteiger partial charge in [-0.25, -0.2) is 14.6 Å². The molecule has 8 heteroatoms. The van der Waals surface area contributed by atoms with Gasteiger partial charge in [-0.15, -0.1) is 0 Å². The van der Waals surface area contributed by atoms with Crippen molar-refractivity contribution in [3.8, 4) is 0 Å². The summed E-state index contributed by atoms with van der Waals surface area (Å²) in [6.07, 6.45) is 4.27. The van der Waals surface area contributed by atoms with E-state index < -0.39 is 11.9 Å². The standard InChI is InChI=1S/C11H14ClN3.C4H4O4/c12-11-2-1-9(6-14-11)15-4-3-8-5-13-10(8)7-15;5-3(6)1-2-4(7)8/h1-2,6,8,10,13H,3-5,7H2;1-2H,(H,5,6)(H,7,8)/b;2-1+/t8-,10-;/m0./s1. The summed E-state index contributed by atoms with van der Waals surface area (Å²) in [6, 6.07) is 4.60. The molecule has 2 fully saturated rings. The predicted molar refractivity (Wildman–Crippen MR) is 85.8 cm³/mol. The molecule has 7 nitrogen and oxygen atoms in total. The van der Waals surface area contributed by atoms with Crippen LogP contribution in [-0.2, 0) is 9.59 Å². The Morgan fingerprint density at radius 1 is 1.30 bits per heavy atom. The Labute approximate surface area is 138 Å². The number of aromatic nitrogens is 1. The lowest BCUT2D eigenvalue weighted by molar-refractivity contribution is -0.134. The van der Waals surface area contributed by atoms with Crippen molar-refractivity contribution in [1.29, 1.82) is 0 Å². The average molecular weight is 340 g/mol. The minimum absolute atomic E-state index is 0.558. The third-order valence-electron chi connectivity index (χ3n) is 3.84. The van der Waals surface area contributed by atoms with Crippen LogP contribution in [0.4, 0.5) is 5.69 Å². The monoisotopic (exact) mass is 339 g/mol. The van der Waals surface area contributed by atoms with E-state index in [-0.39, 0.29) is 0 Å². The van der Waals surface area contributed by atoms with Gasteiger partial charge in [0.1, 0.15) is 5.15 Å². The molecule has 0 bridgehead atoms. The fourth-order valence-corrected chi connectivity index (χ4v) is 2.66. The first-order valence-corrected chi connectivity index (χ1v) is 7.57. The highest BCUT2D eigenvalue weighted by Crippen LogP contribution is 2.27. The summed E-state index contributed by atoms with van der Waals surface area (Å²) < 4.78 is 0. The molecule has 0 aliphatic carbocycles. The number of carboxylic acids is 2. The Bertz CT molecular complexity index is 575. The normalized spacial score (nSPS) is 22.6. The van der Waals surface area contributed by atoms with Gasteiger partial charge in [-0.3, -0.25) is 0 Å². The van der Waals surface area contributed by atoms with Gasteiger partial charge < -0.3 is 20.4 Å². The summed E-state index contributed by atoms with van der Waals surface area (Å²) in [4.78, 5) is 25.6. The van der Waals surface area contributed by atoms with E-state index in [0.29, 0.717) is 23.3 Å². The van der Waals surface area contributed by atoms with E-state index in [1.165, 1.54) is 18.7 Å². The summed E-state index contributed by atoms with van der Waals surface area (Å²) in [5.74, 6) is -1.61. The molecule has 3 rings (SSSR count). The molecule has 0 spiro atoms. The van der Waals surface area contributed by atoms with Crippen LogP contribution in [0.1, 0.15) is 6.42 Å². The Morgan fingerprint density at radius 3 is 2.43 bits per heavy atom. The lowest BCUT2D eigenvalue weighted by Crippen LogP contribution is -2.62. The molecule has 2 aliphatic heterocycles. The SMILES string of the molecule is Clc1ccc(N2CC[C@H]3CN[C@H]3C2)cn1.O=C(O)/C=C/C(=O)O. The smallest absolute Gasteiger partial charge is 0.328 e. The van der Waals surface area contributed by atoms with Gasteiger partial charge in [0.15, 0.2) is 0 Å². The quantitative estimate of drug-likeness (QED) is 0.562. The van der Waals surface area contributed by atoms with E-state index >= 15 is 0 Å². The van der Waals surface area contributed by atoms with Crippen LogP contribution in [0.25, 0.3) is 0 Å². The third kappa shape index (κ3) is 5.22. The van der Waals surface area contributed by atoms with Gasteiger partial charge in [0.2, 0.25) is 0 Å². The van der Waals surface area contributed by atoms with E-state index in [1.54, 1.807) is 0 Å². The number of hydrogen-bond donors (Lipinski definition) is 3. The van der Waals surface area contributed by atoms with Crippen LogP contribution < -0.4 is 10.2 Å². The average Bonchev–Trinajstić information content (AvgIpc) is 2.48. The summed E-state index contributed by atoms with van der Waals surface area (Å²) in [5.41, 5.74) is 1.19. The molecule has 124 valence electrons. The second-order valence-electron chi connectivity index (χ2n) is 5.36. The summed E-state index contributed by atoms with van der Waals surface area (Å²) in [5, 5.41) is 19.7. The second-order valence-corrected chi connectivity index (χ2v) is 5.75. The van der Waals surface area contributed by atoms with Gasteiger partial charge in [-0.05, 0) is 31.0 Å².